The third-order valence-electron chi connectivity index (χ3n) is 5.09. The van der Waals surface area contributed by atoms with Crippen LogP contribution in [0.4, 0.5) is 16.2 Å². The molecule has 1 aliphatic carbocycles. The van der Waals surface area contributed by atoms with Gasteiger partial charge in [-0.05, 0) is 58.1 Å². The summed E-state index contributed by atoms with van der Waals surface area (Å²) in [5, 5.41) is 5.94. The van der Waals surface area contributed by atoms with Crippen molar-refractivity contribution in [1.82, 2.24) is 10.2 Å². The highest BCUT2D eigenvalue weighted by Gasteiger charge is 2.26. The van der Waals surface area contributed by atoms with Gasteiger partial charge >= 0.3 is 6.03 Å². The topological polar surface area (TPSA) is 73.9 Å². The lowest BCUT2D eigenvalue weighted by Crippen LogP contribution is -2.40. The molecule has 3 amide bonds. The van der Waals surface area contributed by atoms with E-state index in [1.807, 2.05) is 32.3 Å². The van der Waals surface area contributed by atoms with E-state index in [-0.39, 0.29) is 24.6 Å². The number of carbonyl (C=O) groups excluding carboxylic acids is 2. The van der Waals surface area contributed by atoms with Crippen LogP contribution < -0.4 is 20.3 Å². The van der Waals surface area contributed by atoms with Gasteiger partial charge in [0.2, 0.25) is 0 Å². The number of ether oxygens (including phenoxy) is 1. The van der Waals surface area contributed by atoms with Crippen LogP contribution in [0.5, 0.6) is 5.75 Å². The Hall–Kier alpha value is -2.28. The van der Waals surface area contributed by atoms with Crippen LogP contribution >= 0.6 is 0 Å². The molecule has 7 nitrogen and oxygen atoms in total. The molecule has 1 aromatic carbocycles. The maximum absolute atomic E-state index is 12.3. The van der Waals surface area contributed by atoms with E-state index < -0.39 is 0 Å². The molecule has 7 heteroatoms. The molecule has 0 saturated heterocycles. The van der Waals surface area contributed by atoms with Crippen LogP contribution in [0.2, 0.25) is 0 Å². The van der Waals surface area contributed by atoms with Crippen molar-refractivity contribution in [1.29, 1.82) is 0 Å². The molecule has 2 aliphatic rings. The summed E-state index contributed by atoms with van der Waals surface area (Å²) >= 11 is 0. The van der Waals surface area contributed by atoms with Gasteiger partial charge in [0.05, 0.1) is 5.69 Å². The van der Waals surface area contributed by atoms with Crippen LogP contribution in [-0.2, 0) is 4.79 Å². The molecule has 1 heterocycles. The Morgan fingerprint density at radius 2 is 2.04 bits per heavy atom. The van der Waals surface area contributed by atoms with Crippen molar-refractivity contribution in [2.75, 3.05) is 44.0 Å². The van der Waals surface area contributed by atoms with Gasteiger partial charge in [-0.2, -0.15) is 0 Å². The third-order valence-corrected chi connectivity index (χ3v) is 5.09. The Kier molecular flexibility index (Phi) is 6.55. The highest BCUT2D eigenvalue weighted by Crippen LogP contribution is 2.34. The fourth-order valence-corrected chi connectivity index (χ4v) is 3.67. The van der Waals surface area contributed by atoms with Crippen LogP contribution in [0.3, 0.4) is 0 Å². The van der Waals surface area contributed by atoms with E-state index in [0.717, 1.165) is 31.5 Å². The van der Waals surface area contributed by atoms with Gasteiger partial charge in [-0.15, -0.1) is 0 Å². The number of fused-ring (bicyclic) bond motifs is 1. The number of nitrogens with one attached hydrogen (secondary N) is 2. The minimum atomic E-state index is -0.191. The van der Waals surface area contributed by atoms with E-state index in [4.69, 9.17) is 4.74 Å². The highest BCUT2D eigenvalue weighted by atomic mass is 16.5. The molecule has 0 bridgehead atoms. The SMILES string of the molecule is CN(C)CCCN1C(=O)COc2ccc(NC(=O)NC3CCCCC3)cc21. The number of hydrogen-bond acceptors (Lipinski definition) is 4. The number of carbonyl (C=O) groups is 2. The summed E-state index contributed by atoms with van der Waals surface area (Å²) in [6.07, 6.45) is 6.55. The van der Waals surface area contributed by atoms with Crippen molar-refractivity contribution in [3.8, 4) is 5.75 Å². The smallest absolute Gasteiger partial charge is 0.319 e. The van der Waals surface area contributed by atoms with E-state index in [1.54, 1.807) is 4.90 Å². The second kappa shape index (κ2) is 9.08. The molecule has 0 aromatic heterocycles. The van der Waals surface area contributed by atoms with E-state index in [0.29, 0.717) is 18.0 Å². The van der Waals surface area contributed by atoms with Gasteiger partial charge in [0.15, 0.2) is 6.61 Å². The summed E-state index contributed by atoms with van der Waals surface area (Å²) in [6, 6.07) is 5.51. The first-order valence-corrected chi connectivity index (χ1v) is 9.82. The molecule has 0 radical (unpaired) electrons. The average Bonchev–Trinajstić information content (AvgIpc) is 2.64. The number of anilines is 2. The molecular weight excluding hydrogens is 344 g/mol. The number of benzene rings is 1. The first-order chi connectivity index (χ1) is 13.0. The summed E-state index contributed by atoms with van der Waals surface area (Å²) in [5.74, 6) is 0.628. The van der Waals surface area contributed by atoms with Crippen molar-refractivity contribution >= 4 is 23.3 Å². The quantitative estimate of drug-likeness (QED) is 0.803. The zero-order chi connectivity index (χ0) is 19.2. The Morgan fingerprint density at radius 1 is 1.26 bits per heavy atom. The summed E-state index contributed by atoms with van der Waals surface area (Å²) in [4.78, 5) is 28.5. The van der Waals surface area contributed by atoms with E-state index in [9.17, 15) is 9.59 Å². The minimum Gasteiger partial charge on any atom is -0.482 e. The molecule has 0 unspecified atom stereocenters. The first-order valence-electron chi connectivity index (χ1n) is 9.82. The Morgan fingerprint density at radius 3 is 2.78 bits per heavy atom. The fraction of sp³-hybridized carbons (Fsp3) is 0.600. The lowest BCUT2D eigenvalue weighted by molar-refractivity contribution is -0.121. The van der Waals surface area contributed by atoms with Gasteiger partial charge in [-0.25, -0.2) is 4.79 Å². The highest BCUT2D eigenvalue weighted by molar-refractivity contribution is 5.99. The standard InChI is InChI=1S/C20H30N4O3/c1-23(2)11-6-12-24-17-13-16(9-10-18(17)27-14-19(24)25)22-20(26)21-15-7-4-3-5-8-15/h9-10,13,15H,3-8,11-12,14H2,1-2H3,(H2,21,22,26). The van der Waals surface area contributed by atoms with Crippen molar-refractivity contribution in [3.63, 3.8) is 0 Å². The number of hydrogen-bond donors (Lipinski definition) is 2. The predicted octanol–water partition coefficient (Wildman–Crippen LogP) is 2.82. The van der Waals surface area contributed by atoms with Gasteiger partial charge in [0, 0.05) is 18.3 Å². The molecule has 1 fully saturated rings. The lowest BCUT2D eigenvalue weighted by Gasteiger charge is -2.30. The summed E-state index contributed by atoms with van der Waals surface area (Å²) in [5.41, 5.74) is 1.39. The predicted molar refractivity (Wildman–Crippen MR) is 106 cm³/mol. The molecule has 3 rings (SSSR count). The van der Waals surface area contributed by atoms with E-state index in [2.05, 4.69) is 15.5 Å². The van der Waals surface area contributed by atoms with Gasteiger partial charge in [-0.3, -0.25) is 4.79 Å². The molecule has 1 aromatic rings. The summed E-state index contributed by atoms with van der Waals surface area (Å²) in [7, 11) is 4.03. The molecule has 0 atom stereocenters. The second-order valence-electron chi connectivity index (χ2n) is 7.61. The minimum absolute atomic E-state index is 0.0509. The maximum atomic E-state index is 12.3. The molecule has 0 spiro atoms. The Labute approximate surface area is 161 Å². The molecule has 148 valence electrons. The van der Waals surface area contributed by atoms with Gasteiger partial charge in [-0.1, -0.05) is 19.3 Å². The normalized spacial score (nSPS) is 17.4. The number of amides is 3. The van der Waals surface area contributed by atoms with Crippen molar-refractivity contribution in [2.45, 2.75) is 44.6 Å². The molecule has 1 saturated carbocycles. The molecule has 1 aliphatic heterocycles. The third kappa shape index (κ3) is 5.35. The maximum Gasteiger partial charge on any atom is 0.319 e. The van der Waals surface area contributed by atoms with Gasteiger partial charge in [0.25, 0.3) is 5.91 Å². The zero-order valence-corrected chi connectivity index (χ0v) is 16.3. The molecule has 2 N–H and O–H groups in total. The van der Waals surface area contributed by atoms with E-state index in [1.165, 1.54) is 19.3 Å². The van der Waals surface area contributed by atoms with Crippen molar-refractivity contribution in [2.24, 2.45) is 0 Å². The summed E-state index contributed by atoms with van der Waals surface area (Å²) < 4.78 is 5.54. The first kappa shape index (κ1) is 19.5. The Bertz CT molecular complexity index is 671. The number of urea groups is 1. The molecule has 27 heavy (non-hydrogen) atoms. The van der Waals surface area contributed by atoms with E-state index >= 15 is 0 Å². The van der Waals surface area contributed by atoms with Crippen LogP contribution in [0.1, 0.15) is 38.5 Å². The number of rotatable bonds is 6. The van der Waals surface area contributed by atoms with Crippen molar-refractivity contribution < 1.29 is 14.3 Å². The second-order valence-corrected chi connectivity index (χ2v) is 7.61. The summed E-state index contributed by atoms with van der Waals surface area (Å²) in [6.45, 7) is 1.59. The molecular formula is C20H30N4O3. The van der Waals surface area contributed by atoms with Gasteiger partial charge < -0.3 is 25.2 Å². The fourth-order valence-electron chi connectivity index (χ4n) is 3.67. The lowest BCUT2D eigenvalue weighted by atomic mass is 9.96. The van der Waals surface area contributed by atoms with Crippen LogP contribution in [0.15, 0.2) is 18.2 Å². The average molecular weight is 374 g/mol. The van der Waals surface area contributed by atoms with Gasteiger partial charge in [0.1, 0.15) is 5.75 Å². The van der Waals surface area contributed by atoms with Crippen LogP contribution in [-0.4, -0.2) is 56.7 Å². The van der Waals surface area contributed by atoms with Crippen LogP contribution in [0.25, 0.3) is 0 Å². The Balaban J connectivity index is 1.65. The largest absolute Gasteiger partial charge is 0.482 e. The monoisotopic (exact) mass is 374 g/mol. The van der Waals surface area contributed by atoms with Crippen molar-refractivity contribution in [3.05, 3.63) is 18.2 Å². The number of nitrogens with zero attached hydrogens (tertiary/aromatic N) is 2. The van der Waals surface area contributed by atoms with Crippen LogP contribution in [0, 0.1) is 0 Å². The zero-order valence-electron chi connectivity index (χ0n) is 16.3.